The van der Waals surface area contributed by atoms with Gasteiger partial charge in [-0.05, 0) is 17.5 Å². The molecule has 1 aliphatic rings. The van der Waals surface area contributed by atoms with Gasteiger partial charge in [-0.3, -0.25) is 4.79 Å². The molecule has 1 atom stereocenters. The fourth-order valence-electron chi connectivity index (χ4n) is 2.08. The van der Waals surface area contributed by atoms with Gasteiger partial charge >= 0.3 is 0 Å². The molecule has 1 amide bonds. The summed E-state index contributed by atoms with van der Waals surface area (Å²) in [5.41, 5.74) is 2.04. The first-order valence-corrected chi connectivity index (χ1v) is 7.67. The molecule has 5 heteroatoms. The molecule has 0 aromatic heterocycles. The Hall–Kier alpha value is -1.36. The molecule has 1 heterocycles. The molecule has 1 aromatic rings. The minimum atomic E-state index is -3.42. The van der Waals surface area contributed by atoms with E-state index in [1.807, 2.05) is 24.3 Å². The minimum absolute atomic E-state index is 0.0706. The van der Waals surface area contributed by atoms with Crippen LogP contribution in [0.25, 0.3) is 0 Å². The molecule has 0 saturated carbocycles. The predicted molar refractivity (Wildman–Crippen MR) is 69.3 cm³/mol. The first-order valence-electron chi connectivity index (χ1n) is 6.06. The zero-order chi connectivity index (χ0) is 13.3. The van der Waals surface area contributed by atoms with Crippen LogP contribution in [0.5, 0.6) is 0 Å². The summed E-state index contributed by atoms with van der Waals surface area (Å²) < 4.78 is 24.6. The molecule has 4 nitrogen and oxygen atoms in total. The molecule has 0 N–H and O–H groups in total. The van der Waals surface area contributed by atoms with Gasteiger partial charge in [0, 0.05) is 0 Å². The Morgan fingerprint density at radius 1 is 1.22 bits per heavy atom. The highest BCUT2D eigenvalue weighted by Gasteiger charge is 2.40. The maximum absolute atomic E-state index is 11.8. The van der Waals surface area contributed by atoms with E-state index >= 15 is 0 Å². The van der Waals surface area contributed by atoms with Crippen molar-refractivity contribution in [3.63, 3.8) is 0 Å². The van der Waals surface area contributed by atoms with E-state index in [1.54, 1.807) is 6.92 Å². The highest BCUT2D eigenvalue weighted by Crippen LogP contribution is 2.23. The summed E-state index contributed by atoms with van der Waals surface area (Å²) in [5, 5.41) is 0. The molecule has 0 spiro atoms. The van der Waals surface area contributed by atoms with E-state index in [4.69, 9.17) is 0 Å². The van der Waals surface area contributed by atoms with E-state index in [1.165, 1.54) is 5.56 Å². The zero-order valence-electron chi connectivity index (χ0n) is 10.6. The molecule has 0 aliphatic carbocycles. The molecular weight excluding hydrogens is 250 g/mol. The molecule has 1 aromatic carbocycles. The van der Waals surface area contributed by atoms with Gasteiger partial charge in [-0.1, -0.05) is 38.1 Å². The van der Waals surface area contributed by atoms with Crippen molar-refractivity contribution >= 4 is 15.9 Å². The Balaban J connectivity index is 2.20. The highest BCUT2D eigenvalue weighted by atomic mass is 32.2. The SMILES string of the molecule is CCc1ccc(CN2C(=O)C(C)CS2(=O)=O)cc1. The van der Waals surface area contributed by atoms with Gasteiger partial charge in [0.05, 0.1) is 18.2 Å². The number of amides is 1. The van der Waals surface area contributed by atoms with Crippen molar-refractivity contribution in [3.05, 3.63) is 35.4 Å². The fourth-order valence-corrected chi connectivity index (χ4v) is 3.84. The highest BCUT2D eigenvalue weighted by molar-refractivity contribution is 7.90. The van der Waals surface area contributed by atoms with Crippen LogP contribution in [0.1, 0.15) is 25.0 Å². The van der Waals surface area contributed by atoms with E-state index in [-0.39, 0.29) is 18.2 Å². The molecule has 1 aliphatic heterocycles. The molecule has 1 unspecified atom stereocenters. The average molecular weight is 267 g/mol. The van der Waals surface area contributed by atoms with Crippen LogP contribution in [0.4, 0.5) is 0 Å². The number of rotatable bonds is 3. The summed E-state index contributed by atoms with van der Waals surface area (Å²) in [6.07, 6.45) is 0.943. The van der Waals surface area contributed by atoms with Gasteiger partial charge in [0.15, 0.2) is 0 Å². The van der Waals surface area contributed by atoms with Crippen molar-refractivity contribution in [3.8, 4) is 0 Å². The number of benzene rings is 1. The molecule has 1 saturated heterocycles. The van der Waals surface area contributed by atoms with Crippen LogP contribution in [0.3, 0.4) is 0 Å². The molecule has 18 heavy (non-hydrogen) atoms. The van der Waals surface area contributed by atoms with Crippen molar-refractivity contribution in [1.29, 1.82) is 0 Å². The number of carbonyl (C=O) groups excluding carboxylic acids is 1. The van der Waals surface area contributed by atoms with Crippen molar-refractivity contribution in [2.45, 2.75) is 26.8 Å². The summed E-state index contributed by atoms with van der Waals surface area (Å²) >= 11 is 0. The van der Waals surface area contributed by atoms with Gasteiger partial charge < -0.3 is 0 Å². The monoisotopic (exact) mass is 267 g/mol. The number of sulfonamides is 1. The Labute approximate surface area is 108 Å². The van der Waals surface area contributed by atoms with Crippen LogP contribution in [-0.4, -0.2) is 24.4 Å². The Kier molecular flexibility index (Phi) is 3.43. The predicted octanol–water partition coefficient (Wildman–Crippen LogP) is 1.56. The quantitative estimate of drug-likeness (QED) is 0.835. The van der Waals surface area contributed by atoms with Crippen molar-refractivity contribution in [2.75, 3.05) is 5.75 Å². The van der Waals surface area contributed by atoms with Crippen LogP contribution in [0.15, 0.2) is 24.3 Å². The second-order valence-electron chi connectivity index (χ2n) is 4.69. The second-order valence-corrected chi connectivity index (χ2v) is 6.63. The van der Waals surface area contributed by atoms with E-state index in [2.05, 4.69) is 6.92 Å². The molecular formula is C13H17NO3S. The lowest BCUT2D eigenvalue weighted by Gasteiger charge is -2.15. The van der Waals surface area contributed by atoms with Gasteiger partial charge in [-0.15, -0.1) is 0 Å². The van der Waals surface area contributed by atoms with E-state index in [0.29, 0.717) is 0 Å². The van der Waals surface area contributed by atoms with E-state index in [0.717, 1.165) is 16.3 Å². The van der Waals surface area contributed by atoms with Gasteiger partial charge in [0.1, 0.15) is 0 Å². The lowest BCUT2D eigenvalue weighted by molar-refractivity contribution is -0.128. The molecule has 0 radical (unpaired) electrons. The third kappa shape index (κ3) is 2.41. The summed E-state index contributed by atoms with van der Waals surface area (Å²) in [7, 11) is -3.42. The summed E-state index contributed by atoms with van der Waals surface area (Å²) in [6, 6.07) is 7.69. The first-order chi connectivity index (χ1) is 8.44. The molecule has 1 fully saturated rings. The van der Waals surface area contributed by atoms with Gasteiger partial charge in [0.2, 0.25) is 15.9 Å². The third-order valence-corrected chi connectivity index (χ3v) is 5.12. The van der Waals surface area contributed by atoms with Crippen LogP contribution >= 0.6 is 0 Å². The maximum Gasteiger partial charge on any atom is 0.240 e. The Morgan fingerprint density at radius 2 is 1.78 bits per heavy atom. The summed E-state index contributed by atoms with van der Waals surface area (Å²) in [4.78, 5) is 11.8. The average Bonchev–Trinajstić information content (AvgIpc) is 2.52. The minimum Gasteiger partial charge on any atom is -0.273 e. The standard InChI is InChI=1S/C13H17NO3S/c1-3-11-4-6-12(7-5-11)8-14-13(15)10(2)9-18(14,16)17/h4-7,10H,3,8-9H2,1-2H3. The number of hydrogen-bond donors (Lipinski definition) is 0. The normalized spacial score (nSPS) is 22.4. The lowest BCUT2D eigenvalue weighted by atomic mass is 10.1. The fraction of sp³-hybridized carbons (Fsp3) is 0.462. The van der Waals surface area contributed by atoms with Crippen molar-refractivity contribution in [2.24, 2.45) is 5.92 Å². The Morgan fingerprint density at radius 3 is 2.22 bits per heavy atom. The number of hydrogen-bond acceptors (Lipinski definition) is 3. The Bertz CT molecular complexity index is 548. The smallest absolute Gasteiger partial charge is 0.240 e. The topological polar surface area (TPSA) is 54.5 Å². The van der Waals surface area contributed by atoms with Crippen LogP contribution in [0.2, 0.25) is 0 Å². The van der Waals surface area contributed by atoms with Crippen molar-refractivity contribution in [1.82, 2.24) is 4.31 Å². The van der Waals surface area contributed by atoms with Gasteiger partial charge in [-0.2, -0.15) is 0 Å². The molecule has 98 valence electrons. The number of carbonyl (C=O) groups is 1. The van der Waals surface area contributed by atoms with Crippen LogP contribution < -0.4 is 0 Å². The lowest BCUT2D eigenvalue weighted by Crippen LogP contribution is -2.29. The van der Waals surface area contributed by atoms with Crippen LogP contribution in [0, 0.1) is 5.92 Å². The summed E-state index contributed by atoms with van der Waals surface area (Å²) in [6.45, 7) is 3.86. The summed E-state index contributed by atoms with van der Waals surface area (Å²) in [5.74, 6) is -0.793. The van der Waals surface area contributed by atoms with E-state index < -0.39 is 15.9 Å². The molecule has 0 bridgehead atoms. The van der Waals surface area contributed by atoms with Gasteiger partial charge in [-0.25, -0.2) is 12.7 Å². The van der Waals surface area contributed by atoms with Gasteiger partial charge in [0.25, 0.3) is 0 Å². The van der Waals surface area contributed by atoms with E-state index in [9.17, 15) is 13.2 Å². The number of aryl methyl sites for hydroxylation is 1. The number of nitrogens with zero attached hydrogens (tertiary/aromatic N) is 1. The first kappa shape index (κ1) is 13.1. The second kappa shape index (κ2) is 4.72. The molecule has 2 rings (SSSR count). The van der Waals surface area contributed by atoms with Crippen molar-refractivity contribution < 1.29 is 13.2 Å². The largest absolute Gasteiger partial charge is 0.273 e. The maximum atomic E-state index is 11.8. The zero-order valence-corrected chi connectivity index (χ0v) is 11.4. The van der Waals surface area contributed by atoms with Crippen LogP contribution in [-0.2, 0) is 27.8 Å². The third-order valence-electron chi connectivity index (χ3n) is 3.22.